The van der Waals surface area contributed by atoms with E-state index in [4.69, 9.17) is 9.26 Å². The Morgan fingerprint density at radius 1 is 1.44 bits per heavy atom. The van der Waals surface area contributed by atoms with Crippen LogP contribution < -0.4 is 5.32 Å². The van der Waals surface area contributed by atoms with Gasteiger partial charge in [-0.2, -0.15) is 4.98 Å². The largest absolute Gasteiger partial charge is 0.392 e. The van der Waals surface area contributed by atoms with Gasteiger partial charge in [-0.25, -0.2) is 0 Å². The lowest BCUT2D eigenvalue weighted by molar-refractivity contribution is 0.190. The van der Waals surface area contributed by atoms with Gasteiger partial charge in [0.2, 0.25) is 5.89 Å². The number of nitrogens with one attached hydrogen (secondary N) is 1. The van der Waals surface area contributed by atoms with Crippen molar-refractivity contribution in [3.05, 3.63) is 11.7 Å². The molecule has 0 saturated carbocycles. The lowest BCUT2D eigenvalue weighted by Gasteiger charge is -2.02. The maximum absolute atomic E-state index is 9.41. The van der Waals surface area contributed by atoms with Crippen molar-refractivity contribution in [3.63, 3.8) is 0 Å². The highest BCUT2D eigenvalue weighted by Gasteiger charge is 2.30. The van der Waals surface area contributed by atoms with E-state index in [0.29, 0.717) is 25.5 Å². The average Bonchev–Trinajstić information content (AvgIpc) is 2.97. The first-order chi connectivity index (χ1) is 7.83. The number of β-amino-alcohol motifs (C(OH)–C–C–N with tert-alkyl or cyclic N) is 1. The Kier molecular flexibility index (Phi) is 2.62. The summed E-state index contributed by atoms with van der Waals surface area (Å²) >= 11 is 0. The van der Waals surface area contributed by atoms with Crippen molar-refractivity contribution in [1.29, 1.82) is 0 Å². The van der Waals surface area contributed by atoms with Crippen LogP contribution in [0.4, 0.5) is 0 Å². The second kappa shape index (κ2) is 4.12. The number of rotatable bonds is 2. The summed E-state index contributed by atoms with van der Waals surface area (Å²) in [4.78, 5) is 4.38. The maximum Gasteiger partial charge on any atom is 0.243 e. The van der Waals surface area contributed by atoms with Crippen molar-refractivity contribution >= 4 is 0 Å². The molecular formula is C10H15N3O3. The Labute approximate surface area is 93.0 Å². The van der Waals surface area contributed by atoms with E-state index in [-0.39, 0.29) is 18.1 Å². The molecule has 3 heterocycles. The molecule has 2 fully saturated rings. The summed E-state index contributed by atoms with van der Waals surface area (Å²) < 4.78 is 10.5. The monoisotopic (exact) mass is 225 g/mol. The van der Waals surface area contributed by atoms with Gasteiger partial charge in [-0.3, -0.25) is 0 Å². The molecule has 3 rings (SSSR count). The van der Waals surface area contributed by atoms with Crippen molar-refractivity contribution < 1.29 is 14.4 Å². The molecular weight excluding hydrogens is 210 g/mol. The fourth-order valence-corrected chi connectivity index (χ4v) is 2.20. The molecule has 16 heavy (non-hydrogen) atoms. The third-order valence-electron chi connectivity index (χ3n) is 3.16. The number of aromatic nitrogens is 2. The van der Waals surface area contributed by atoms with Gasteiger partial charge in [0.25, 0.3) is 0 Å². The summed E-state index contributed by atoms with van der Waals surface area (Å²) in [6, 6.07) is -0.00132. The van der Waals surface area contributed by atoms with Crippen molar-refractivity contribution in [2.75, 3.05) is 19.8 Å². The van der Waals surface area contributed by atoms with E-state index in [1.54, 1.807) is 0 Å². The number of hydrogen-bond acceptors (Lipinski definition) is 6. The number of ether oxygens (including phenoxy) is 1. The first kappa shape index (κ1) is 10.2. The Morgan fingerprint density at radius 3 is 3.06 bits per heavy atom. The van der Waals surface area contributed by atoms with E-state index in [0.717, 1.165) is 18.9 Å². The highest BCUT2D eigenvalue weighted by atomic mass is 16.5. The van der Waals surface area contributed by atoms with Gasteiger partial charge in [0.05, 0.1) is 18.8 Å². The zero-order chi connectivity index (χ0) is 11.0. The molecule has 1 aromatic rings. The minimum atomic E-state index is -0.310. The van der Waals surface area contributed by atoms with Gasteiger partial charge in [0, 0.05) is 19.1 Å². The van der Waals surface area contributed by atoms with Crippen molar-refractivity contribution in [2.45, 2.75) is 30.9 Å². The van der Waals surface area contributed by atoms with E-state index in [1.165, 1.54) is 0 Å². The Bertz CT molecular complexity index is 362. The molecule has 0 bridgehead atoms. The van der Waals surface area contributed by atoms with Crippen LogP contribution in [0.1, 0.15) is 36.5 Å². The van der Waals surface area contributed by atoms with Crippen molar-refractivity contribution in [1.82, 2.24) is 15.5 Å². The van der Waals surface area contributed by atoms with E-state index < -0.39 is 0 Å². The van der Waals surface area contributed by atoms with Gasteiger partial charge >= 0.3 is 0 Å². The molecule has 1 aromatic heterocycles. The third-order valence-corrected chi connectivity index (χ3v) is 3.16. The lowest BCUT2D eigenvalue weighted by atomic mass is 10.1. The van der Waals surface area contributed by atoms with E-state index in [2.05, 4.69) is 15.5 Å². The number of aliphatic hydroxyl groups excluding tert-OH is 1. The fraction of sp³-hybridized carbons (Fsp3) is 0.800. The van der Waals surface area contributed by atoms with Crippen LogP contribution in [0.2, 0.25) is 0 Å². The molecule has 3 atom stereocenters. The highest BCUT2D eigenvalue weighted by molar-refractivity contribution is 5.02. The van der Waals surface area contributed by atoms with Crippen LogP contribution in [0, 0.1) is 0 Å². The zero-order valence-electron chi connectivity index (χ0n) is 8.93. The van der Waals surface area contributed by atoms with Crippen LogP contribution >= 0.6 is 0 Å². The predicted octanol–water partition coefficient (Wildman–Crippen LogP) is -0.0312. The van der Waals surface area contributed by atoms with Gasteiger partial charge in [-0.15, -0.1) is 0 Å². The molecule has 2 aliphatic rings. The summed E-state index contributed by atoms with van der Waals surface area (Å²) in [5.41, 5.74) is 0. The van der Waals surface area contributed by atoms with Crippen LogP contribution in [-0.4, -0.2) is 41.1 Å². The minimum Gasteiger partial charge on any atom is -0.392 e. The Hall–Kier alpha value is -0.980. The van der Waals surface area contributed by atoms with Gasteiger partial charge < -0.3 is 19.7 Å². The van der Waals surface area contributed by atoms with Crippen molar-refractivity contribution in [3.8, 4) is 0 Å². The first-order valence-electron chi connectivity index (χ1n) is 5.65. The molecule has 2 N–H and O–H groups in total. The standard InChI is InChI=1S/C10H15N3O3/c14-7-3-8(11-4-7)10-12-9(13-16-10)6-1-2-15-5-6/h6-8,11,14H,1-5H2/t6?,7-,8-/m0/s1. The molecule has 0 radical (unpaired) electrons. The summed E-state index contributed by atoms with van der Waals surface area (Å²) in [5.74, 6) is 1.58. The van der Waals surface area contributed by atoms with Gasteiger partial charge in [-0.1, -0.05) is 5.16 Å². The molecule has 88 valence electrons. The minimum absolute atomic E-state index is 0.00132. The van der Waals surface area contributed by atoms with Gasteiger partial charge in [-0.05, 0) is 12.8 Å². The van der Waals surface area contributed by atoms with Gasteiger partial charge in [0.1, 0.15) is 0 Å². The summed E-state index contributed by atoms with van der Waals surface area (Å²) in [7, 11) is 0. The lowest BCUT2D eigenvalue weighted by Crippen LogP contribution is -2.15. The van der Waals surface area contributed by atoms with Gasteiger partial charge in [0.15, 0.2) is 5.82 Å². The fourth-order valence-electron chi connectivity index (χ4n) is 2.20. The Morgan fingerprint density at radius 2 is 2.38 bits per heavy atom. The summed E-state index contributed by atoms with van der Waals surface area (Å²) in [6.07, 6.45) is 1.29. The maximum atomic E-state index is 9.41. The predicted molar refractivity (Wildman–Crippen MR) is 53.8 cm³/mol. The van der Waals surface area contributed by atoms with Crippen LogP contribution in [0.15, 0.2) is 4.52 Å². The highest BCUT2D eigenvalue weighted by Crippen LogP contribution is 2.26. The molecule has 6 nitrogen and oxygen atoms in total. The second-order valence-electron chi connectivity index (χ2n) is 4.40. The van der Waals surface area contributed by atoms with E-state index in [9.17, 15) is 5.11 Å². The first-order valence-corrected chi connectivity index (χ1v) is 5.65. The van der Waals surface area contributed by atoms with Crippen LogP contribution in [0.25, 0.3) is 0 Å². The zero-order valence-corrected chi connectivity index (χ0v) is 8.93. The van der Waals surface area contributed by atoms with Crippen LogP contribution in [-0.2, 0) is 4.74 Å². The number of nitrogens with zero attached hydrogens (tertiary/aromatic N) is 2. The molecule has 2 aliphatic heterocycles. The number of aliphatic hydroxyl groups is 1. The molecule has 1 unspecified atom stereocenters. The Balaban J connectivity index is 1.72. The normalized spacial score (nSPS) is 34.7. The van der Waals surface area contributed by atoms with Crippen LogP contribution in [0.3, 0.4) is 0 Å². The average molecular weight is 225 g/mol. The molecule has 6 heteroatoms. The van der Waals surface area contributed by atoms with E-state index in [1.807, 2.05) is 0 Å². The molecule has 0 aromatic carbocycles. The topological polar surface area (TPSA) is 80.4 Å². The van der Waals surface area contributed by atoms with E-state index >= 15 is 0 Å². The SMILES string of the molecule is O[C@@H]1CN[C@H](c2nc(C3CCOC3)no2)C1. The quantitative estimate of drug-likeness (QED) is 0.735. The second-order valence-corrected chi connectivity index (χ2v) is 4.40. The van der Waals surface area contributed by atoms with Crippen molar-refractivity contribution in [2.24, 2.45) is 0 Å². The summed E-state index contributed by atoms with van der Waals surface area (Å²) in [6.45, 7) is 2.05. The molecule has 2 saturated heterocycles. The summed E-state index contributed by atoms with van der Waals surface area (Å²) in [5, 5.41) is 16.5. The number of hydrogen-bond donors (Lipinski definition) is 2. The molecule has 0 spiro atoms. The molecule has 0 aliphatic carbocycles. The molecule has 0 amide bonds. The van der Waals surface area contributed by atoms with Crippen LogP contribution in [0.5, 0.6) is 0 Å². The third kappa shape index (κ3) is 1.83. The smallest absolute Gasteiger partial charge is 0.243 e.